The minimum Gasteiger partial charge on any atom is -0.356 e. The lowest BCUT2D eigenvalue weighted by Gasteiger charge is -2.23. The van der Waals surface area contributed by atoms with Crippen LogP contribution >= 0.6 is 0 Å². The van der Waals surface area contributed by atoms with E-state index in [-0.39, 0.29) is 0 Å². The average molecular weight is 312 g/mol. The molecule has 2 rings (SSSR count). The molecule has 0 aliphatic carbocycles. The van der Waals surface area contributed by atoms with Gasteiger partial charge in [-0.05, 0) is 43.9 Å². The van der Waals surface area contributed by atoms with Crippen molar-refractivity contribution in [3.8, 4) is 0 Å². The molecule has 0 unspecified atom stereocenters. The number of rotatable bonds is 8. The van der Waals surface area contributed by atoms with Crippen molar-refractivity contribution in [3.63, 3.8) is 0 Å². The van der Waals surface area contributed by atoms with Gasteiger partial charge in [0.15, 0.2) is 0 Å². The van der Waals surface area contributed by atoms with Gasteiger partial charge < -0.3 is 10.2 Å². The standard InChI is InChI=1S/C19H28N4/c1-5-12-23(13-6-2)19-14-18(20-15(4)21-19)22-17-10-8-16(7-3)9-11-17/h8-11,14H,5-7,12-13H2,1-4H3,(H,20,21,22). The molecule has 1 heterocycles. The summed E-state index contributed by atoms with van der Waals surface area (Å²) in [6.45, 7) is 10.6. The summed E-state index contributed by atoms with van der Waals surface area (Å²) in [5.74, 6) is 2.66. The maximum atomic E-state index is 4.62. The minimum absolute atomic E-state index is 0.799. The van der Waals surface area contributed by atoms with E-state index in [4.69, 9.17) is 0 Å². The molecule has 1 aromatic heterocycles. The zero-order valence-electron chi connectivity index (χ0n) is 14.8. The smallest absolute Gasteiger partial charge is 0.136 e. The van der Waals surface area contributed by atoms with E-state index < -0.39 is 0 Å². The Labute approximate surface area is 140 Å². The number of aromatic nitrogens is 2. The van der Waals surface area contributed by atoms with Gasteiger partial charge in [0.2, 0.25) is 0 Å². The molecule has 2 aromatic rings. The van der Waals surface area contributed by atoms with Gasteiger partial charge in [-0.15, -0.1) is 0 Å². The summed E-state index contributed by atoms with van der Waals surface area (Å²) >= 11 is 0. The molecule has 1 N–H and O–H groups in total. The number of hydrogen-bond acceptors (Lipinski definition) is 4. The molecule has 124 valence electrons. The monoisotopic (exact) mass is 312 g/mol. The Balaban J connectivity index is 2.21. The molecule has 0 saturated carbocycles. The first-order valence-electron chi connectivity index (χ1n) is 8.62. The van der Waals surface area contributed by atoms with Crippen LogP contribution < -0.4 is 10.2 Å². The largest absolute Gasteiger partial charge is 0.356 e. The van der Waals surface area contributed by atoms with Crippen LogP contribution in [0.4, 0.5) is 17.3 Å². The van der Waals surface area contributed by atoms with Gasteiger partial charge in [0, 0.05) is 24.8 Å². The Hall–Kier alpha value is -2.10. The first-order chi connectivity index (χ1) is 11.2. The third-order valence-electron chi connectivity index (χ3n) is 3.77. The quantitative estimate of drug-likeness (QED) is 0.766. The fraction of sp³-hybridized carbons (Fsp3) is 0.474. The number of nitrogens with one attached hydrogen (secondary N) is 1. The third kappa shape index (κ3) is 4.95. The SMILES string of the molecule is CCCN(CCC)c1cc(Nc2ccc(CC)cc2)nc(C)n1. The summed E-state index contributed by atoms with van der Waals surface area (Å²) in [5.41, 5.74) is 2.40. The van der Waals surface area contributed by atoms with E-state index in [2.05, 4.69) is 65.2 Å². The van der Waals surface area contributed by atoms with Crippen molar-refractivity contribution in [1.29, 1.82) is 0 Å². The molecular weight excluding hydrogens is 284 g/mol. The highest BCUT2D eigenvalue weighted by molar-refractivity contribution is 5.60. The van der Waals surface area contributed by atoms with Crippen molar-refractivity contribution in [2.24, 2.45) is 0 Å². The molecule has 0 aliphatic heterocycles. The van der Waals surface area contributed by atoms with E-state index in [1.54, 1.807) is 0 Å². The van der Waals surface area contributed by atoms with Gasteiger partial charge >= 0.3 is 0 Å². The Morgan fingerprint density at radius 3 is 2.17 bits per heavy atom. The Morgan fingerprint density at radius 2 is 1.61 bits per heavy atom. The maximum absolute atomic E-state index is 4.62. The van der Waals surface area contributed by atoms with Crippen molar-refractivity contribution < 1.29 is 0 Å². The fourth-order valence-corrected chi connectivity index (χ4v) is 2.63. The zero-order valence-corrected chi connectivity index (χ0v) is 14.8. The molecule has 0 aliphatic rings. The van der Waals surface area contributed by atoms with Crippen molar-refractivity contribution >= 4 is 17.3 Å². The van der Waals surface area contributed by atoms with Crippen LogP contribution in [0.25, 0.3) is 0 Å². The molecule has 4 heteroatoms. The molecule has 0 fully saturated rings. The number of nitrogens with zero attached hydrogens (tertiary/aromatic N) is 3. The topological polar surface area (TPSA) is 41.0 Å². The second-order valence-corrected chi connectivity index (χ2v) is 5.82. The minimum atomic E-state index is 0.799. The van der Waals surface area contributed by atoms with Gasteiger partial charge in [0.05, 0.1) is 0 Å². The van der Waals surface area contributed by atoms with Crippen LogP contribution in [0.3, 0.4) is 0 Å². The molecule has 0 amide bonds. The number of benzene rings is 1. The molecule has 0 atom stereocenters. The summed E-state index contributed by atoms with van der Waals surface area (Å²) in [6.07, 6.45) is 3.29. The number of anilines is 3. The highest BCUT2D eigenvalue weighted by atomic mass is 15.2. The highest BCUT2D eigenvalue weighted by Gasteiger charge is 2.09. The maximum Gasteiger partial charge on any atom is 0.136 e. The molecule has 0 radical (unpaired) electrons. The van der Waals surface area contributed by atoms with Crippen LogP contribution in [0.15, 0.2) is 30.3 Å². The summed E-state index contributed by atoms with van der Waals surface area (Å²) in [6, 6.07) is 10.6. The molecule has 1 aromatic carbocycles. The van der Waals surface area contributed by atoms with E-state index in [0.29, 0.717) is 0 Å². The first-order valence-corrected chi connectivity index (χ1v) is 8.62. The van der Waals surface area contributed by atoms with Gasteiger partial charge in [-0.1, -0.05) is 32.9 Å². The van der Waals surface area contributed by atoms with E-state index in [1.807, 2.05) is 13.0 Å². The average Bonchev–Trinajstić information content (AvgIpc) is 2.55. The van der Waals surface area contributed by atoms with E-state index in [1.165, 1.54) is 5.56 Å². The lowest BCUT2D eigenvalue weighted by Crippen LogP contribution is -2.26. The zero-order chi connectivity index (χ0) is 16.7. The molecular formula is C19H28N4. The fourth-order valence-electron chi connectivity index (χ4n) is 2.63. The normalized spacial score (nSPS) is 10.6. The highest BCUT2D eigenvalue weighted by Crippen LogP contribution is 2.21. The van der Waals surface area contributed by atoms with Crippen molar-refractivity contribution in [2.75, 3.05) is 23.3 Å². The Kier molecular flexibility index (Phi) is 6.39. The van der Waals surface area contributed by atoms with Crippen molar-refractivity contribution in [2.45, 2.75) is 47.0 Å². The summed E-state index contributed by atoms with van der Waals surface area (Å²) in [5, 5.41) is 3.40. The number of aryl methyl sites for hydroxylation is 2. The summed E-state index contributed by atoms with van der Waals surface area (Å²) in [4.78, 5) is 11.5. The lowest BCUT2D eigenvalue weighted by molar-refractivity contribution is 0.730. The summed E-state index contributed by atoms with van der Waals surface area (Å²) < 4.78 is 0. The van der Waals surface area contributed by atoms with Crippen LogP contribution in [0.1, 0.15) is 45.0 Å². The van der Waals surface area contributed by atoms with Gasteiger partial charge in [-0.2, -0.15) is 0 Å². The Morgan fingerprint density at radius 1 is 0.957 bits per heavy atom. The lowest BCUT2D eigenvalue weighted by atomic mass is 10.1. The molecule has 23 heavy (non-hydrogen) atoms. The van der Waals surface area contributed by atoms with Gasteiger partial charge in [-0.3, -0.25) is 0 Å². The van der Waals surface area contributed by atoms with Crippen molar-refractivity contribution in [3.05, 3.63) is 41.7 Å². The van der Waals surface area contributed by atoms with Crippen LogP contribution in [0.2, 0.25) is 0 Å². The molecule has 0 spiro atoms. The molecule has 4 nitrogen and oxygen atoms in total. The van der Waals surface area contributed by atoms with Gasteiger partial charge in [0.1, 0.15) is 17.5 Å². The Bertz CT molecular complexity index is 601. The molecule has 0 bridgehead atoms. The van der Waals surface area contributed by atoms with Crippen LogP contribution in [-0.2, 0) is 6.42 Å². The van der Waals surface area contributed by atoms with E-state index >= 15 is 0 Å². The van der Waals surface area contributed by atoms with Crippen molar-refractivity contribution in [1.82, 2.24) is 9.97 Å². The summed E-state index contributed by atoms with van der Waals surface area (Å²) in [7, 11) is 0. The van der Waals surface area contributed by atoms with Crippen LogP contribution in [0, 0.1) is 6.92 Å². The second-order valence-electron chi connectivity index (χ2n) is 5.82. The van der Waals surface area contributed by atoms with Crippen LogP contribution in [-0.4, -0.2) is 23.1 Å². The molecule has 0 saturated heterocycles. The second kappa shape index (κ2) is 8.51. The predicted molar refractivity (Wildman–Crippen MR) is 98.7 cm³/mol. The van der Waals surface area contributed by atoms with E-state index in [0.717, 1.165) is 55.5 Å². The van der Waals surface area contributed by atoms with E-state index in [9.17, 15) is 0 Å². The predicted octanol–water partition coefficient (Wildman–Crippen LogP) is 4.72. The van der Waals surface area contributed by atoms with Crippen LogP contribution in [0.5, 0.6) is 0 Å². The number of hydrogen-bond donors (Lipinski definition) is 1. The van der Waals surface area contributed by atoms with Gasteiger partial charge in [-0.25, -0.2) is 9.97 Å². The first kappa shape index (κ1) is 17.3. The van der Waals surface area contributed by atoms with Gasteiger partial charge in [0.25, 0.3) is 0 Å². The third-order valence-corrected chi connectivity index (χ3v) is 3.77.